The van der Waals surface area contributed by atoms with E-state index < -0.39 is 11.5 Å². The van der Waals surface area contributed by atoms with Gasteiger partial charge < -0.3 is 9.15 Å². The van der Waals surface area contributed by atoms with E-state index in [1.165, 1.54) is 11.8 Å². The molecular weight excluding hydrogens is 336 g/mol. The smallest absolute Gasteiger partial charge is 0.341 e. The molecule has 0 N–H and O–H groups in total. The minimum atomic E-state index is -0.482. The molecule has 0 fully saturated rings. The summed E-state index contributed by atoms with van der Waals surface area (Å²) >= 11 is 1.54. The average molecular weight is 352 g/mol. The molecule has 3 aromatic rings. The first kappa shape index (κ1) is 16.0. The number of fused-ring (bicyclic) bond motifs is 3. The number of hydrogen-bond acceptors (Lipinski definition) is 5. The second-order valence-electron chi connectivity index (χ2n) is 6.01. The van der Waals surface area contributed by atoms with Crippen molar-refractivity contribution in [1.82, 2.24) is 0 Å². The Hall–Kier alpha value is -2.53. The third-order valence-electron chi connectivity index (χ3n) is 4.39. The van der Waals surface area contributed by atoms with Crippen molar-refractivity contribution in [3.63, 3.8) is 0 Å². The maximum Gasteiger partial charge on any atom is 0.341 e. The molecule has 25 heavy (non-hydrogen) atoms. The van der Waals surface area contributed by atoms with Gasteiger partial charge in [0.1, 0.15) is 17.9 Å². The summed E-state index contributed by atoms with van der Waals surface area (Å²) in [7, 11) is 0. The monoisotopic (exact) mass is 352 g/mol. The van der Waals surface area contributed by atoms with Gasteiger partial charge in [0.05, 0.1) is 11.5 Å². The van der Waals surface area contributed by atoms with Crippen LogP contribution in [0.4, 0.5) is 0 Å². The maximum absolute atomic E-state index is 12.7. The van der Waals surface area contributed by atoms with Crippen LogP contribution in [0.2, 0.25) is 0 Å². The predicted molar refractivity (Wildman–Crippen MR) is 97.6 cm³/mol. The van der Waals surface area contributed by atoms with Crippen LogP contribution >= 0.6 is 11.8 Å². The summed E-state index contributed by atoms with van der Waals surface area (Å²) in [6.07, 6.45) is 0. The van der Waals surface area contributed by atoms with E-state index in [2.05, 4.69) is 0 Å². The lowest BCUT2D eigenvalue weighted by atomic mass is 9.97. The molecule has 0 aliphatic carbocycles. The molecule has 0 radical (unpaired) electrons. The van der Waals surface area contributed by atoms with Crippen LogP contribution in [0.3, 0.4) is 0 Å². The first-order valence-electron chi connectivity index (χ1n) is 8.05. The number of carbonyl (C=O) groups excluding carboxylic acids is 1. The molecule has 2 heterocycles. The van der Waals surface area contributed by atoms with Crippen molar-refractivity contribution >= 4 is 28.5 Å². The van der Waals surface area contributed by atoms with Crippen LogP contribution < -0.4 is 10.4 Å². The molecule has 0 saturated carbocycles. The van der Waals surface area contributed by atoms with Gasteiger partial charge in [-0.15, -0.1) is 11.8 Å². The zero-order valence-corrected chi connectivity index (χ0v) is 14.5. The van der Waals surface area contributed by atoms with Crippen molar-refractivity contribution in [1.29, 1.82) is 0 Å². The second kappa shape index (κ2) is 6.41. The molecule has 4 rings (SSSR count). The predicted octanol–water partition coefficient (Wildman–Crippen LogP) is 3.94. The fourth-order valence-electron chi connectivity index (χ4n) is 3.06. The average Bonchev–Trinajstić information content (AvgIpc) is 3.07. The summed E-state index contributed by atoms with van der Waals surface area (Å²) in [5.74, 6) is 0.651. The van der Waals surface area contributed by atoms with Crippen molar-refractivity contribution in [3.8, 4) is 5.75 Å². The van der Waals surface area contributed by atoms with E-state index in [1.807, 2.05) is 49.4 Å². The molecule has 1 atom stereocenters. The van der Waals surface area contributed by atoms with Crippen molar-refractivity contribution < 1.29 is 13.9 Å². The summed E-state index contributed by atoms with van der Waals surface area (Å²) in [6, 6.07) is 15.0. The van der Waals surface area contributed by atoms with Gasteiger partial charge in [-0.3, -0.25) is 4.79 Å². The van der Waals surface area contributed by atoms with Crippen LogP contribution in [-0.4, -0.2) is 18.1 Å². The Morgan fingerprint density at radius 1 is 1.20 bits per heavy atom. The van der Waals surface area contributed by atoms with Gasteiger partial charge in [0.15, 0.2) is 5.78 Å². The Labute approximate surface area is 148 Å². The molecule has 1 aromatic heterocycles. The normalized spacial score (nSPS) is 16.0. The molecule has 0 spiro atoms. The lowest BCUT2D eigenvalue weighted by Gasteiger charge is -2.11. The number of thioether (sulfide) groups is 1. The molecule has 5 heteroatoms. The number of aryl methyl sites for hydroxylation is 1. The number of benzene rings is 2. The van der Waals surface area contributed by atoms with Crippen molar-refractivity contribution in [2.75, 3.05) is 12.4 Å². The minimum absolute atomic E-state index is 0.0538. The van der Waals surface area contributed by atoms with E-state index in [0.29, 0.717) is 22.6 Å². The Balaban J connectivity index is 1.62. The van der Waals surface area contributed by atoms with Gasteiger partial charge in [0.2, 0.25) is 0 Å². The molecule has 1 aliphatic rings. The SMILES string of the molecule is Cc1ccccc1OCC(=O)C1CSc2c1c(=O)oc1ccccc21. The van der Waals surface area contributed by atoms with Crippen LogP contribution in [0.5, 0.6) is 5.75 Å². The fourth-order valence-corrected chi connectivity index (χ4v) is 4.45. The van der Waals surface area contributed by atoms with E-state index in [4.69, 9.17) is 9.15 Å². The molecule has 4 nitrogen and oxygen atoms in total. The number of hydrogen-bond donors (Lipinski definition) is 0. The highest BCUT2D eigenvalue weighted by molar-refractivity contribution is 8.00. The van der Waals surface area contributed by atoms with E-state index >= 15 is 0 Å². The zero-order valence-electron chi connectivity index (χ0n) is 13.7. The van der Waals surface area contributed by atoms with E-state index in [1.54, 1.807) is 6.07 Å². The number of carbonyl (C=O) groups is 1. The lowest BCUT2D eigenvalue weighted by Crippen LogP contribution is -2.24. The Morgan fingerprint density at radius 3 is 2.80 bits per heavy atom. The van der Waals surface area contributed by atoms with Gasteiger partial charge >= 0.3 is 5.63 Å². The second-order valence-corrected chi connectivity index (χ2v) is 7.04. The van der Waals surface area contributed by atoms with Gasteiger partial charge in [-0.25, -0.2) is 4.79 Å². The number of ether oxygens (including phenoxy) is 1. The zero-order chi connectivity index (χ0) is 17.4. The molecule has 2 aromatic carbocycles. The summed E-state index contributed by atoms with van der Waals surface area (Å²) in [6.45, 7) is 1.88. The standard InChI is InChI=1S/C20H16O4S/c1-12-6-2-4-8-16(12)23-10-15(21)14-11-25-19-13-7-3-5-9-17(13)24-20(22)18(14)19/h2-9,14H,10-11H2,1H3. The number of rotatable bonds is 4. The summed E-state index contributed by atoms with van der Waals surface area (Å²) in [5, 5.41) is 0.886. The highest BCUT2D eigenvalue weighted by atomic mass is 32.2. The first-order valence-corrected chi connectivity index (χ1v) is 9.03. The van der Waals surface area contributed by atoms with E-state index in [-0.39, 0.29) is 12.4 Å². The molecule has 1 unspecified atom stereocenters. The first-order chi connectivity index (χ1) is 12.1. The Bertz CT molecular complexity index is 1020. The van der Waals surface area contributed by atoms with E-state index in [0.717, 1.165) is 15.8 Å². The minimum Gasteiger partial charge on any atom is -0.486 e. The van der Waals surface area contributed by atoms with Gasteiger partial charge in [0, 0.05) is 16.0 Å². The Kier molecular flexibility index (Phi) is 4.09. The summed E-state index contributed by atoms with van der Waals surface area (Å²) < 4.78 is 11.1. The number of Topliss-reactive ketones (excluding diaryl/α,β-unsaturated/α-hetero) is 1. The Morgan fingerprint density at radius 2 is 1.96 bits per heavy atom. The highest BCUT2D eigenvalue weighted by Crippen LogP contribution is 2.42. The lowest BCUT2D eigenvalue weighted by molar-refractivity contribution is -0.122. The van der Waals surface area contributed by atoms with Gasteiger partial charge in [0.25, 0.3) is 0 Å². The van der Waals surface area contributed by atoms with Crippen LogP contribution in [0.15, 0.2) is 62.6 Å². The maximum atomic E-state index is 12.7. The molecule has 0 amide bonds. The van der Waals surface area contributed by atoms with Gasteiger partial charge in [-0.05, 0) is 24.6 Å². The van der Waals surface area contributed by atoms with Crippen molar-refractivity contribution in [2.45, 2.75) is 17.7 Å². The topological polar surface area (TPSA) is 56.5 Å². The molecule has 0 bridgehead atoms. The summed E-state index contributed by atoms with van der Waals surface area (Å²) in [5.41, 5.74) is 1.58. The van der Waals surface area contributed by atoms with E-state index in [9.17, 15) is 9.59 Å². The van der Waals surface area contributed by atoms with Gasteiger partial charge in [-0.1, -0.05) is 36.4 Å². The largest absolute Gasteiger partial charge is 0.486 e. The van der Waals surface area contributed by atoms with Crippen LogP contribution in [0, 0.1) is 6.92 Å². The van der Waals surface area contributed by atoms with Crippen LogP contribution in [-0.2, 0) is 4.79 Å². The molecule has 0 saturated heterocycles. The highest BCUT2D eigenvalue weighted by Gasteiger charge is 2.34. The van der Waals surface area contributed by atoms with Crippen LogP contribution in [0.25, 0.3) is 11.0 Å². The van der Waals surface area contributed by atoms with Crippen molar-refractivity contribution in [3.05, 3.63) is 70.1 Å². The third-order valence-corrected chi connectivity index (χ3v) is 5.62. The van der Waals surface area contributed by atoms with Crippen molar-refractivity contribution in [2.24, 2.45) is 0 Å². The van der Waals surface area contributed by atoms with Gasteiger partial charge in [-0.2, -0.15) is 0 Å². The quantitative estimate of drug-likeness (QED) is 0.666. The number of ketones is 1. The molecular formula is C20H16O4S. The molecule has 1 aliphatic heterocycles. The summed E-state index contributed by atoms with van der Waals surface area (Å²) in [4.78, 5) is 25.9. The third kappa shape index (κ3) is 2.85. The molecule has 126 valence electrons. The fraction of sp³-hybridized carbons (Fsp3) is 0.200. The number of para-hydroxylation sites is 2. The van der Waals surface area contributed by atoms with Crippen LogP contribution in [0.1, 0.15) is 17.0 Å².